The molecule has 0 amide bonds. The molecule has 0 N–H and O–H groups in total. The van der Waals surface area contributed by atoms with Gasteiger partial charge in [-0.25, -0.2) is 0 Å². The van der Waals surface area contributed by atoms with Gasteiger partial charge in [-0.3, -0.25) is 0 Å². The van der Waals surface area contributed by atoms with E-state index < -0.39 is 0 Å². The van der Waals surface area contributed by atoms with Crippen LogP contribution in [0, 0.1) is 6.92 Å². The second kappa shape index (κ2) is 5.71. The van der Waals surface area contributed by atoms with E-state index in [9.17, 15) is 0 Å². The molecule has 0 saturated heterocycles. The van der Waals surface area contributed by atoms with Crippen molar-refractivity contribution in [1.82, 2.24) is 0 Å². The third kappa shape index (κ3) is 2.26. The average Bonchev–Trinajstić information content (AvgIpc) is 3.09. The second-order valence-electron chi connectivity index (χ2n) is 7.54. The van der Waals surface area contributed by atoms with E-state index in [-0.39, 0.29) is 0 Å². The summed E-state index contributed by atoms with van der Waals surface area (Å²) in [6.45, 7) is 2.14. The lowest BCUT2D eigenvalue weighted by Crippen LogP contribution is -1.81. The molecular formula is C27H18O. The monoisotopic (exact) mass is 358 g/mol. The zero-order chi connectivity index (χ0) is 18.7. The van der Waals surface area contributed by atoms with Gasteiger partial charge in [-0.2, -0.15) is 0 Å². The third-order valence-corrected chi connectivity index (χ3v) is 5.67. The van der Waals surface area contributed by atoms with Gasteiger partial charge >= 0.3 is 0 Å². The molecule has 1 aromatic heterocycles. The van der Waals surface area contributed by atoms with Crippen LogP contribution in [0.5, 0.6) is 0 Å². The van der Waals surface area contributed by atoms with Crippen LogP contribution in [0.1, 0.15) is 5.56 Å². The smallest absolute Gasteiger partial charge is 0.136 e. The Bertz CT molecular complexity index is 1520. The fourth-order valence-electron chi connectivity index (χ4n) is 4.28. The number of rotatable bonds is 1. The number of fused-ring (bicyclic) bond motifs is 6. The van der Waals surface area contributed by atoms with E-state index in [1.165, 1.54) is 49.0 Å². The Balaban J connectivity index is 1.72. The summed E-state index contributed by atoms with van der Waals surface area (Å²) in [5.74, 6) is 0. The molecule has 0 radical (unpaired) electrons. The summed E-state index contributed by atoms with van der Waals surface area (Å²) in [5, 5.41) is 7.31. The minimum Gasteiger partial charge on any atom is -0.456 e. The van der Waals surface area contributed by atoms with Crippen LogP contribution in [0.15, 0.2) is 95.4 Å². The topological polar surface area (TPSA) is 13.1 Å². The van der Waals surface area contributed by atoms with Gasteiger partial charge in [0.25, 0.3) is 0 Å². The molecule has 0 unspecified atom stereocenters. The molecule has 0 aliphatic heterocycles. The fourth-order valence-corrected chi connectivity index (χ4v) is 4.28. The largest absolute Gasteiger partial charge is 0.456 e. The van der Waals surface area contributed by atoms with Crippen LogP contribution in [0.3, 0.4) is 0 Å². The van der Waals surface area contributed by atoms with Crippen molar-refractivity contribution in [3.8, 4) is 11.1 Å². The highest BCUT2D eigenvalue weighted by atomic mass is 16.3. The summed E-state index contributed by atoms with van der Waals surface area (Å²) in [6.07, 6.45) is 0. The van der Waals surface area contributed by atoms with Crippen molar-refractivity contribution in [2.24, 2.45) is 0 Å². The first-order valence-electron chi connectivity index (χ1n) is 9.61. The molecular weight excluding hydrogens is 340 g/mol. The molecule has 0 aliphatic carbocycles. The van der Waals surface area contributed by atoms with Crippen molar-refractivity contribution < 1.29 is 4.42 Å². The minimum atomic E-state index is 0.944. The molecule has 1 nitrogen and oxygen atoms in total. The number of hydrogen-bond donors (Lipinski definition) is 0. The molecule has 0 aliphatic rings. The van der Waals surface area contributed by atoms with Gasteiger partial charge in [0.1, 0.15) is 11.2 Å². The summed E-state index contributed by atoms with van der Waals surface area (Å²) < 4.78 is 6.23. The summed E-state index contributed by atoms with van der Waals surface area (Å²) in [7, 11) is 0. The van der Waals surface area contributed by atoms with Crippen molar-refractivity contribution in [2.75, 3.05) is 0 Å². The van der Waals surface area contributed by atoms with Crippen LogP contribution in [0.25, 0.3) is 54.6 Å². The van der Waals surface area contributed by atoms with Crippen LogP contribution in [-0.4, -0.2) is 0 Å². The van der Waals surface area contributed by atoms with Crippen LogP contribution in [0.4, 0.5) is 0 Å². The lowest BCUT2D eigenvalue weighted by molar-refractivity contribution is 0.670. The van der Waals surface area contributed by atoms with Gasteiger partial charge in [0.2, 0.25) is 0 Å². The van der Waals surface area contributed by atoms with Crippen molar-refractivity contribution in [1.29, 1.82) is 0 Å². The molecule has 6 rings (SSSR count). The lowest BCUT2D eigenvalue weighted by Gasteiger charge is -2.06. The molecule has 28 heavy (non-hydrogen) atoms. The highest BCUT2D eigenvalue weighted by molar-refractivity contribution is 6.21. The van der Waals surface area contributed by atoms with E-state index in [0.717, 1.165) is 11.2 Å². The van der Waals surface area contributed by atoms with E-state index in [4.69, 9.17) is 4.42 Å². The van der Waals surface area contributed by atoms with Gasteiger partial charge in [-0.1, -0.05) is 72.3 Å². The van der Waals surface area contributed by atoms with E-state index >= 15 is 0 Å². The Labute approximate surface area is 162 Å². The molecule has 6 aromatic rings. The Kier molecular flexibility index (Phi) is 3.15. The standard InChI is InChI=1S/C27H18O/c1-17-5-4-8-19(13-17)22-10-9-18-11-12-25-27(23(18)14-22)24-15-20-6-2-3-7-21(20)16-26(24)28-25/h2-16H,1H3. The number of benzene rings is 5. The van der Waals surface area contributed by atoms with Crippen LogP contribution >= 0.6 is 0 Å². The molecule has 0 bridgehead atoms. The first-order valence-corrected chi connectivity index (χ1v) is 9.61. The number of hydrogen-bond acceptors (Lipinski definition) is 1. The third-order valence-electron chi connectivity index (χ3n) is 5.67. The summed E-state index contributed by atoms with van der Waals surface area (Å²) in [4.78, 5) is 0. The molecule has 132 valence electrons. The van der Waals surface area contributed by atoms with Crippen LogP contribution in [-0.2, 0) is 0 Å². The van der Waals surface area contributed by atoms with Crippen LogP contribution < -0.4 is 0 Å². The molecule has 0 saturated carbocycles. The molecule has 1 heterocycles. The van der Waals surface area contributed by atoms with Gasteiger partial charge in [0.05, 0.1) is 0 Å². The normalized spacial score (nSPS) is 11.8. The Hall–Kier alpha value is -3.58. The van der Waals surface area contributed by atoms with Gasteiger partial charge in [-0.15, -0.1) is 0 Å². The van der Waals surface area contributed by atoms with E-state index in [1.807, 2.05) is 0 Å². The fraction of sp³-hybridized carbons (Fsp3) is 0.0370. The van der Waals surface area contributed by atoms with Crippen molar-refractivity contribution in [3.05, 3.63) is 96.6 Å². The quantitative estimate of drug-likeness (QED) is 0.291. The Morgan fingerprint density at radius 3 is 2.18 bits per heavy atom. The maximum Gasteiger partial charge on any atom is 0.136 e. The van der Waals surface area contributed by atoms with E-state index in [2.05, 4.69) is 97.9 Å². The van der Waals surface area contributed by atoms with Gasteiger partial charge in [-0.05, 0) is 63.9 Å². The highest BCUT2D eigenvalue weighted by Gasteiger charge is 2.12. The number of furan rings is 1. The van der Waals surface area contributed by atoms with Gasteiger partial charge in [0.15, 0.2) is 0 Å². The number of aryl methyl sites for hydroxylation is 1. The molecule has 0 fully saturated rings. The average molecular weight is 358 g/mol. The first kappa shape index (κ1) is 15.5. The SMILES string of the molecule is Cc1cccc(-c2ccc3ccc4oc5cc6ccccc6cc5c4c3c2)c1. The minimum absolute atomic E-state index is 0.944. The molecule has 0 atom stereocenters. The maximum absolute atomic E-state index is 6.23. The van der Waals surface area contributed by atoms with Crippen molar-refractivity contribution in [3.63, 3.8) is 0 Å². The van der Waals surface area contributed by atoms with Gasteiger partial charge in [0, 0.05) is 10.8 Å². The van der Waals surface area contributed by atoms with Crippen molar-refractivity contribution >= 4 is 43.5 Å². The molecule has 1 heteroatoms. The predicted octanol–water partition coefficient (Wildman–Crippen LogP) is 7.87. The summed E-state index contributed by atoms with van der Waals surface area (Å²) >= 11 is 0. The maximum atomic E-state index is 6.23. The lowest BCUT2D eigenvalue weighted by atomic mass is 9.97. The van der Waals surface area contributed by atoms with Gasteiger partial charge < -0.3 is 4.42 Å². The summed E-state index contributed by atoms with van der Waals surface area (Å²) in [5.41, 5.74) is 5.65. The second-order valence-corrected chi connectivity index (χ2v) is 7.54. The Morgan fingerprint density at radius 1 is 0.536 bits per heavy atom. The van der Waals surface area contributed by atoms with Crippen molar-refractivity contribution in [2.45, 2.75) is 6.92 Å². The van der Waals surface area contributed by atoms with Crippen LogP contribution in [0.2, 0.25) is 0 Å². The highest BCUT2D eigenvalue weighted by Crippen LogP contribution is 2.38. The van der Waals surface area contributed by atoms with E-state index in [1.54, 1.807) is 0 Å². The summed E-state index contributed by atoms with van der Waals surface area (Å²) in [6, 6.07) is 32.5. The Morgan fingerprint density at radius 2 is 1.32 bits per heavy atom. The first-order chi connectivity index (χ1) is 13.8. The zero-order valence-electron chi connectivity index (χ0n) is 15.6. The van der Waals surface area contributed by atoms with E-state index in [0.29, 0.717) is 0 Å². The predicted molar refractivity (Wildman–Crippen MR) is 119 cm³/mol. The molecule has 5 aromatic carbocycles. The zero-order valence-corrected chi connectivity index (χ0v) is 15.6. The molecule has 0 spiro atoms.